The van der Waals surface area contributed by atoms with Crippen LogP contribution < -0.4 is 76.9 Å². The highest BCUT2D eigenvalue weighted by atomic mass is 35.5. The molecule has 19 N–H and O–H groups in total. The number of ketones is 1. The Kier molecular flexibility index (Phi) is 24.3. The van der Waals surface area contributed by atoms with Crippen molar-refractivity contribution in [2.24, 2.45) is 29.6 Å². The van der Waals surface area contributed by atoms with Gasteiger partial charge in [-0.3, -0.25) is 38.4 Å². The quantitative estimate of drug-likeness (QED) is 0.0277. The molecule has 7 amide bonds. The molecular formula is C82H95ClN10O23. The predicted octanol–water partition coefficient (Wildman–Crippen LogP) is 1.75. The Hall–Kier alpha value is -10.1. The van der Waals surface area contributed by atoms with Gasteiger partial charge in [0.15, 0.2) is 17.3 Å². The number of hydrogen-bond donors (Lipinski definition) is 19. The summed E-state index contributed by atoms with van der Waals surface area (Å²) >= 11 is 7.14. The molecule has 14 atom stereocenters. The van der Waals surface area contributed by atoms with Crippen LogP contribution in [0.1, 0.15) is 138 Å². The number of likely N-dealkylation sites (N-methyl/N-ethyl adjacent to an activating group) is 3. The molecule has 4 saturated carbocycles. The number of carbonyl (C=O) groups excluding carboxylic acids is 8. The SMILES string of the molecule is CNCCOc1cc(OCCNC)cc(C(=O)C[C@@H]2NC(=O)[C@H](NC(=O)[C@@H](CC(C)C)NC)[C@H](O)c3ccc(c(Cl)c3)Oc3cc4cc(c3O[C@@H]3O[C@H](CO)[C@@H](O)[C@H](O)[C@H]3O)Oc3ccc(cc3)[C@@H](O)[C@@H]3NC(=O)[C@H](NC(=O)[C@@H]4NC2=O)c2ccc4c(c2)-c2c(cc(O)cc2C4(O)O)[C@@H](C(=O)NC2C4CC5CC(C4)CC2C5)NC3=O)c1. The third kappa shape index (κ3) is 16.8. The van der Waals surface area contributed by atoms with Gasteiger partial charge in [0.1, 0.15) is 115 Å². The van der Waals surface area contributed by atoms with Gasteiger partial charge in [-0.2, -0.15) is 0 Å². The Bertz CT molecular complexity index is 4720. The molecule has 17 rings (SSSR count). The van der Waals surface area contributed by atoms with Gasteiger partial charge < -0.3 is 128 Å². The van der Waals surface area contributed by atoms with Crippen molar-refractivity contribution in [1.29, 1.82) is 0 Å². The average Bonchev–Trinajstić information content (AvgIpc) is 1.56. The summed E-state index contributed by atoms with van der Waals surface area (Å²) in [5.74, 6) is -13.1. The first kappa shape index (κ1) is 82.4. The maximum atomic E-state index is 16.6. The third-order valence-corrected chi connectivity index (χ3v) is 23.4. The highest BCUT2D eigenvalue weighted by molar-refractivity contribution is 6.32. The number of aliphatic hydroxyl groups is 8. The topological polar surface area (TPSA) is 494 Å². The zero-order valence-corrected chi connectivity index (χ0v) is 64.7. The van der Waals surface area contributed by atoms with Crippen molar-refractivity contribution in [3.63, 3.8) is 0 Å². The average molecular weight is 1620 g/mol. The molecule has 34 heteroatoms. The minimum absolute atomic E-state index is 0.0649. The Morgan fingerprint density at radius 2 is 1.25 bits per heavy atom. The molecule has 618 valence electrons. The number of carbonyl (C=O) groups is 8. The fourth-order valence-electron chi connectivity index (χ4n) is 17.4. The van der Waals surface area contributed by atoms with Crippen LogP contribution in [0, 0.1) is 29.6 Å². The van der Waals surface area contributed by atoms with E-state index in [1.54, 1.807) is 14.1 Å². The van der Waals surface area contributed by atoms with Gasteiger partial charge in [0.05, 0.1) is 17.7 Å². The summed E-state index contributed by atoms with van der Waals surface area (Å²) in [6, 6.07) is 7.51. The number of aromatic hydroxyl groups is 1. The minimum atomic E-state index is -2.95. The number of amides is 7. The molecule has 33 nitrogen and oxygen atoms in total. The second-order valence-corrected chi connectivity index (χ2v) is 31.9. The van der Waals surface area contributed by atoms with Gasteiger partial charge in [-0.15, -0.1) is 0 Å². The molecule has 15 bridgehead atoms. The monoisotopic (exact) mass is 1620 g/mol. The van der Waals surface area contributed by atoms with Crippen LogP contribution in [0.5, 0.6) is 46.0 Å². The third-order valence-electron chi connectivity index (χ3n) is 23.1. The van der Waals surface area contributed by atoms with Gasteiger partial charge in [-0.25, -0.2) is 0 Å². The van der Waals surface area contributed by atoms with E-state index in [0.29, 0.717) is 24.9 Å². The fourth-order valence-corrected chi connectivity index (χ4v) is 17.6. The first-order valence-corrected chi connectivity index (χ1v) is 39.2. The number of phenols is 1. The number of phenolic OH excluding ortho intramolecular Hbond substituents is 1. The van der Waals surface area contributed by atoms with Crippen molar-refractivity contribution in [3.05, 3.63) is 153 Å². The first-order valence-electron chi connectivity index (χ1n) is 38.8. The standard InChI is InChI=1S/C82H95ClN10O23/c1-35(2)18-54(86-5)74(102)92-67-69(98)40-9-13-57(53(83)27-40)114-59-29-44-28-58(73(59)116-81-72(101)71(100)70(99)60(34-94)115-81)113-46-10-6-38(7-11-46)68(97)66-80(108)91-65(78(106)88-62-42-20-36-19-37(22-42)23-43(62)21-36)50-30-45(95)31-52-61(50)49-26-39(8-12-51(49)82(52,109)110)63(76(104)93-66)90-77(105)64(44)89-75(103)55(87-79(67)107)33-56(96)41-24-47(111-16-14-84-3)32-48(25-41)112-17-15-85-4/h6-13,24-32,35-37,42-43,54-55,60,62-72,81,84-86,94-95,97-101,109-110H,14-23,33-34H2,1-5H3,(H,87,107)(H,88,106)(H,89,103)(H,90,105)(H,91,108)(H,92,102)(H,93,104)/t36?,37?,42?,43?,54-,55+,60-,62?,63-,64-,65+,66+,67-,68-,69-,70-,71+,72-,81+/m1/s1. The number of ether oxygens (including phenoxy) is 6. The lowest BCUT2D eigenvalue weighted by atomic mass is 9.54. The molecule has 0 radical (unpaired) electrons. The van der Waals surface area contributed by atoms with Crippen molar-refractivity contribution in [2.45, 2.75) is 156 Å². The van der Waals surface area contributed by atoms with Crippen LogP contribution in [0.25, 0.3) is 11.1 Å². The molecule has 6 aromatic carbocycles. The van der Waals surface area contributed by atoms with E-state index in [-0.39, 0.29) is 122 Å². The Labute approximate surface area is 670 Å². The van der Waals surface area contributed by atoms with Gasteiger partial charge in [0.2, 0.25) is 59.2 Å². The lowest BCUT2D eigenvalue weighted by molar-refractivity contribution is -0.277. The summed E-state index contributed by atoms with van der Waals surface area (Å²) in [6.45, 7) is 3.71. The minimum Gasteiger partial charge on any atom is -0.508 e. The number of aliphatic hydroxyl groups excluding tert-OH is 6. The van der Waals surface area contributed by atoms with Gasteiger partial charge in [-0.05, 0) is 195 Å². The number of halogens is 1. The summed E-state index contributed by atoms with van der Waals surface area (Å²) in [5.41, 5.74) is -1.79. The van der Waals surface area contributed by atoms with Crippen molar-refractivity contribution in [3.8, 4) is 57.1 Å². The van der Waals surface area contributed by atoms with E-state index in [0.717, 1.165) is 50.3 Å². The van der Waals surface area contributed by atoms with Crippen LogP contribution in [0.4, 0.5) is 0 Å². The van der Waals surface area contributed by atoms with Gasteiger partial charge in [0.25, 0.3) is 0 Å². The maximum Gasteiger partial charge on any atom is 0.248 e. The summed E-state index contributed by atoms with van der Waals surface area (Å²) in [5, 5.41) is 134. The molecule has 0 unspecified atom stereocenters. The Balaban J connectivity index is 0.961. The summed E-state index contributed by atoms with van der Waals surface area (Å²) in [7, 11) is 4.91. The van der Waals surface area contributed by atoms with E-state index in [9.17, 15) is 50.8 Å². The molecule has 5 fully saturated rings. The van der Waals surface area contributed by atoms with Crippen molar-refractivity contribution in [1.82, 2.24) is 53.2 Å². The summed E-state index contributed by atoms with van der Waals surface area (Å²) in [6.07, 6.45) is -10.1. The van der Waals surface area contributed by atoms with Crippen molar-refractivity contribution >= 4 is 58.7 Å². The largest absolute Gasteiger partial charge is 0.508 e. The van der Waals surface area contributed by atoms with E-state index in [1.807, 2.05) is 13.8 Å². The van der Waals surface area contributed by atoms with Gasteiger partial charge >= 0.3 is 0 Å². The number of fused-ring (bicyclic) bond motifs is 12. The summed E-state index contributed by atoms with van der Waals surface area (Å²) < 4.78 is 37.7. The molecule has 0 aromatic heterocycles. The second kappa shape index (κ2) is 34.2. The van der Waals surface area contributed by atoms with Crippen LogP contribution >= 0.6 is 11.6 Å². The van der Waals surface area contributed by atoms with E-state index >= 15 is 33.6 Å². The molecule has 11 aliphatic rings. The van der Waals surface area contributed by atoms with E-state index in [1.165, 1.54) is 92.0 Å². The van der Waals surface area contributed by atoms with E-state index in [4.69, 9.17) is 40.0 Å². The van der Waals surface area contributed by atoms with Crippen LogP contribution in [-0.2, 0) is 44.1 Å². The molecule has 6 heterocycles. The van der Waals surface area contributed by atoms with Crippen LogP contribution in [-0.4, -0.2) is 208 Å². The zero-order valence-electron chi connectivity index (χ0n) is 64.0. The van der Waals surface area contributed by atoms with Crippen LogP contribution in [0.15, 0.2) is 103 Å². The highest BCUT2D eigenvalue weighted by Gasteiger charge is 2.52. The van der Waals surface area contributed by atoms with Gasteiger partial charge in [-0.1, -0.05) is 55.8 Å². The number of benzene rings is 6. The van der Waals surface area contributed by atoms with Crippen LogP contribution in [0.2, 0.25) is 5.02 Å². The number of rotatable bonds is 21. The molecule has 6 aliphatic heterocycles. The van der Waals surface area contributed by atoms with Gasteiger partial charge in [0, 0.05) is 48.3 Å². The smallest absolute Gasteiger partial charge is 0.248 e. The normalized spacial score (nSPS) is 28.5. The lowest BCUT2D eigenvalue weighted by Crippen LogP contribution is -2.60. The Morgan fingerprint density at radius 3 is 1.89 bits per heavy atom. The molecule has 116 heavy (non-hydrogen) atoms. The summed E-state index contributed by atoms with van der Waals surface area (Å²) in [4.78, 5) is 125. The lowest BCUT2D eigenvalue weighted by Gasteiger charge is -2.54. The molecule has 0 spiro atoms. The molecule has 6 aromatic rings. The maximum absolute atomic E-state index is 16.6. The fraction of sp³-hybridized carbons (Fsp3) is 0.463. The number of nitrogens with one attached hydrogen (secondary N) is 10. The Morgan fingerprint density at radius 1 is 0.621 bits per heavy atom. The van der Waals surface area contributed by atoms with Crippen LogP contribution in [0.3, 0.4) is 0 Å². The highest BCUT2D eigenvalue weighted by Crippen LogP contribution is 2.56. The van der Waals surface area contributed by atoms with Crippen molar-refractivity contribution in [2.75, 3.05) is 54.1 Å². The predicted molar refractivity (Wildman–Crippen MR) is 412 cm³/mol. The molecule has 5 aliphatic carbocycles. The molecular weight excluding hydrogens is 1530 g/mol. The molecule has 1 saturated heterocycles. The van der Waals surface area contributed by atoms with Crippen molar-refractivity contribution < 1.29 is 113 Å². The second-order valence-electron chi connectivity index (χ2n) is 31.5. The zero-order chi connectivity index (χ0) is 82.5. The number of Topliss-reactive ketones (excluding diaryl/α,β-unsaturated/α-hetero) is 1. The van der Waals surface area contributed by atoms with E-state index in [2.05, 4.69) is 53.2 Å². The van der Waals surface area contributed by atoms with E-state index < -0.39 is 180 Å². The first-order chi connectivity index (χ1) is 55.5. The number of hydrogen-bond acceptors (Lipinski definition) is 26.